The summed E-state index contributed by atoms with van der Waals surface area (Å²) in [5.41, 5.74) is 0.820. The molecule has 0 spiro atoms. The van der Waals surface area contributed by atoms with Crippen molar-refractivity contribution < 1.29 is 14.3 Å². The van der Waals surface area contributed by atoms with Gasteiger partial charge in [0.25, 0.3) is 0 Å². The Morgan fingerprint density at radius 1 is 1.50 bits per heavy atom. The van der Waals surface area contributed by atoms with Gasteiger partial charge in [-0.15, -0.1) is 0 Å². The summed E-state index contributed by atoms with van der Waals surface area (Å²) >= 11 is 0. The van der Waals surface area contributed by atoms with Crippen LogP contribution in [0, 0.1) is 5.92 Å². The van der Waals surface area contributed by atoms with E-state index < -0.39 is 12.0 Å². The van der Waals surface area contributed by atoms with Crippen LogP contribution in [0.1, 0.15) is 25.8 Å². The number of carbonyl (C=O) groups excluding carboxylic acids is 2. The van der Waals surface area contributed by atoms with Gasteiger partial charge in [-0.1, -0.05) is 13.8 Å². The Balaban J connectivity index is 2.61. The maximum atomic E-state index is 11.8. The zero-order valence-electron chi connectivity index (χ0n) is 12.3. The predicted octanol–water partition coefficient (Wildman–Crippen LogP) is 1.14. The highest BCUT2D eigenvalue weighted by Crippen LogP contribution is 2.06. The molecular formula is C14H21N3O3. The predicted molar refractivity (Wildman–Crippen MR) is 75.6 cm³/mol. The van der Waals surface area contributed by atoms with Crippen LogP contribution in [0.4, 0.5) is 0 Å². The molecule has 110 valence electrons. The molecule has 0 saturated carbocycles. The summed E-state index contributed by atoms with van der Waals surface area (Å²) < 4.78 is 6.34. The number of aryl methyl sites for hydroxylation is 1. The quantitative estimate of drug-likeness (QED) is 0.626. The molecule has 0 saturated heterocycles. The number of nitrogens with one attached hydrogen (secondary N) is 1. The van der Waals surface area contributed by atoms with E-state index in [2.05, 4.69) is 15.2 Å². The molecule has 20 heavy (non-hydrogen) atoms. The van der Waals surface area contributed by atoms with E-state index in [4.69, 9.17) is 0 Å². The molecule has 0 fully saturated rings. The first-order chi connectivity index (χ1) is 9.42. The van der Waals surface area contributed by atoms with Crippen molar-refractivity contribution >= 4 is 18.0 Å². The Morgan fingerprint density at radius 2 is 2.20 bits per heavy atom. The van der Waals surface area contributed by atoms with Crippen molar-refractivity contribution in [3.63, 3.8) is 0 Å². The maximum absolute atomic E-state index is 11.8. The van der Waals surface area contributed by atoms with Gasteiger partial charge in [-0.2, -0.15) is 5.10 Å². The minimum absolute atomic E-state index is 0.279. The molecule has 0 bridgehead atoms. The van der Waals surface area contributed by atoms with Crippen LogP contribution >= 0.6 is 0 Å². The second-order valence-electron chi connectivity index (χ2n) is 4.99. The highest BCUT2D eigenvalue weighted by Gasteiger charge is 2.21. The summed E-state index contributed by atoms with van der Waals surface area (Å²) in [6, 6.07) is -0.619. The first-order valence-electron chi connectivity index (χ1n) is 6.47. The number of ether oxygens (including phenoxy) is 1. The highest BCUT2D eigenvalue weighted by molar-refractivity contribution is 5.94. The number of rotatable bonds is 6. The third-order valence-electron chi connectivity index (χ3n) is 2.66. The van der Waals surface area contributed by atoms with Gasteiger partial charge < -0.3 is 10.1 Å². The second-order valence-corrected chi connectivity index (χ2v) is 4.99. The van der Waals surface area contributed by atoms with Gasteiger partial charge in [-0.05, 0) is 18.4 Å². The number of hydrogen-bond donors (Lipinski definition) is 1. The standard InChI is InChI=1S/C14H21N3O3/c1-10(2)7-12(14(19)20-4)16-13(18)6-5-11-8-15-17(3)9-11/h5-6,8-10,12H,7H2,1-4H3,(H,16,18)/b6-5+. The molecule has 0 radical (unpaired) electrons. The number of amides is 1. The van der Waals surface area contributed by atoms with E-state index in [0.29, 0.717) is 6.42 Å². The monoisotopic (exact) mass is 279 g/mol. The van der Waals surface area contributed by atoms with Crippen molar-refractivity contribution in [2.75, 3.05) is 7.11 Å². The molecule has 0 aliphatic carbocycles. The molecule has 0 aromatic carbocycles. The van der Waals surface area contributed by atoms with Crippen molar-refractivity contribution in [1.29, 1.82) is 0 Å². The van der Waals surface area contributed by atoms with Gasteiger partial charge in [-0.25, -0.2) is 4.79 Å². The third kappa shape index (κ3) is 5.26. The van der Waals surface area contributed by atoms with Crippen LogP contribution in [0.3, 0.4) is 0 Å². The smallest absolute Gasteiger partial charge is 0.328 e. The lowest BCUT2D eigenvalue weighted by Crippen LogP contribution is -2.41. The molecular weight excluding hydrogens is 258 g/mol. The molecule has 1 aromatic heterocycles. The number of esters is 1. The van der Waals surface area contributed by atoms with Crippen LogP contribution in [-0.2, 0) is 21.4 Å². The summed E-state index contributed by atoms with van der Waals surface area (Å²) in [5.74, 6) is -0.478. The van der Waals surface area contributed by atoms with E-state index in [0.717, 1.165) is 5.56 Å². The fraction of sp³-hybridized carbons (Fsp3) is 0.500. The Kier molecular flexibility index (Phi) is 5.96. The molecule has 6 heteroatoms. The zero-order chi connectivity index (χ0) is 15.1. The van der Waals surface area contributed by atoms with Crippen LogP contribution in [0.15, 0.2) is 18.5 Å². The molecule has 0 aliphatic heterocycles. The molecule has 1 amide bonds. The number of nitrogens with zero attached hydrogens (tertiary/aromatic N) is 2. The van der Waals surface area contributed by atoms with Gasteiger partial charge in [0.15, 0.2) is 0 Å². The van der Waals surface area contributed by atoms with Crippen LogP contribution in [0.2, 0.25) is 0 Å². The van der Waals surface area contributed by atoms with Gasteiger partial charge in [-0.3, -0.25) is 9.48 Å². The molecule has 1 rings (SSSR count). The molecule has 6 nitrogen and oxygen atoms in total. The van der Waals surface area contributed by atoms with Crippen LogP contribution in [-0.4, -0.2) is 34.8 Å². The lowest BCUT2D eigenvalue weighted by molar-refractivity contribution is -0.145. The van der Waals surface area contributed by atoms with Gasteiger partial charge in [0.05, 0.1) is 13.3 Å². The van der Waals surface area contributed by atoms with Crippen molar-refractivity contribution in [2.24, 2.45) is 13.0 Å². The average molecular weight is 279 g/mol. The van der Waals surface area contributed by atoms with E-state index in [-0.39, 0.29) is 11.8 Å². The minimum Gasteiger partial charge on any atom is -0.467 e. The molecule has 1 unspecified atom stereocenters. The van der Waals surface area contributed by atoms with Crippen molar-refractivity contribution in [2.45, 2.75) is 26.3 Å². The van der Waals surface area contributed by atoms with Gasteiger partial charge in [0, 0.05) is 24.9 Å². The summed E-state index contributed by atoms with van der Waals surface area (Å²) in [4.78, 5) is 23.4. The minimum atomic E-state index is -0.619. The van der Waals surface area contributed by atoms with Crippen molar-refractivity contribution in [3.8, 4) is 0 Å². The maximum Gasteiger partial charge on any atom is 0.328 e. The fourth-order valence-corrected chi connectivity index (χ4v) is 1.75. The van der Waals surface area contributed by atoms with E-state index in [9.17, 15) is 9.59 Å². The van der Waals surface area contributed by atoms with E-state index in [1.54, 1.807) is 30.2 Å². The van der Waals surface area contributed by atoms with Crippen molar-refractivity contribution in [1.82, 2.24) is 15.1 Å². The first kappa shape index (κ1) is 15.9. The van der Waals surface area contributed by atoms with Gasteiger partial charge in [0.1, 0.15) is 6.04 Å². The fourth-order valence-electron chi connectivity index (χ4n) is 1.75. The zero-order valence-corrected chi connectivity index (χ0v) is 12.3. The Morgan fingerprint density at radius 3 is 2.70 bits per heavy atom. The van der Waals surface area contributed by atoms with Crippen LogP contribution in [0.5, 0.6) is 0 Å². The molecule has 1 aromatic rings. The topological polar surface area (TPSA) is 73.2 Å². The second kappa shape index (κ2) is 7.47. The summed E-state index contributed by atoms with van der Waals surface area (Å²) in [7, 11) is 3.11. The molecule has 1 heterocycles. The van der Waals surface area contributed by atoms with E-state index >= 15 is 0 Å². The average Bonchev–Trinajstić information content (AvgIpc) is 2.80. The van der Waals surface area contributed by atoms with Gasteiger partial charge in [0.2, 0.25) is 5.91 Å². The normalized spacial score (nSPS) is 12.7. The van der Waals surface area contributed by atoms with Crippen molar-refractivity contribution in [3.05, 3.63) is 24.0 Å². The summed E-state index contributed by atoms with van der Waals surface area (Å²) in [6.45, 7) is 3.96. The molecule has 0 aliphatic rings. The number of hydrogen-bond acceptors (Lipinski definition) is 4. The summed E-state index contributed by atoms with van der Waals surface area (Å²) in [5, 5.41) is 6.64. The first-order valence-corrected chi connectivity index (χ1v) is 6.47. The molecule has 1 atom stereocenters. The van der Waals surface area contributed by atoms with Gasteiger partial charge >= 0.3 is 5.97 Å². The van der Waals surface area contributed by atoms with Crippen LogP contribution in [0.25, 0.3) is 6.08 Å². The lowest BCUT2D eigenvalue weighted by atomic mass is 10.0. The Hall–Kier alpha value is -2.11. The molecule has 1 N–H and O–H groups in total. The highest BCUT2D eigenvalue weighted by atomic mass is 16.5. The van der Waals surface area contributed by atoms with E-state index in [1.165, 1.54) is 13.2 Å². The largest absolute Gasteiger partial charge is 0.467 e. The number of carbonyl (C=O) groups is 2. The number of methoxy groups -OCH3 is 1. The number of aromatic nitrogens is 2. The van der Waals surface area contributed by atoms with Crippen LogP contribution < -0.4 is 5.32 Å². The lowest BCUT2D eigenvalue weighted by Gasteiger charge is -2.17. The Bertz CT molecular complexity index is 492. The Labute approximate surface area is 118 Å². The SMILES string of the molecule is COC(=O)C(CC(C)C)NC(=O)/C=C/c1cnn(C)c1. The summed E-state index contributed by atoms with van der Waals surface area (Å²) in [6.07, 6.45) is 7.00. The van der Waals surface area contributed by atoms with E-state index in [1.807, 2.05) is 13.8 Å². The third-order valence-corrected chi connectivity index (χ3v) is 2.66.